The van der Waals surface area contributed by atoms with Gasteiger partial charge in [-0.2, -0.15) is 0 Å². The standard InChI is InChI=1S/C12H14Cl3NO/c1-12(2,3)7-4-5-9(8(13)6-7)16-11(17)10(14)15/h4-6,10H,1-3H3,(H,16,17). The van der Waals surface area contributed by atoms with Crippen molar-refractivity contribution in [2.24, 2.45) is 0 Å². The monoisotopic (exact) mass is 293 g/mol. The average Bonchev–Trinajstić information content (AvgIpc) is 2.19. The fourth-order valence-corrected chi connectivity index (χ4v) is 1.61. The maximum Gasteiger partial charge on any atom is 0.257 e. The first kappa shape index (κ1) is 14.6. The lowest BCUT2D eigenvalue weighted by atomic mass is 9.87. The third kappa shape index (κ3) is 4.06. The van der Waals surface area contributed by atoms with Gasteiger partial charge in [0.15, 0.2) is 4.84 Å². The Labute approximate surface area is 116 Å². The lowest BCUT2D eigenvalue weighted by Crippen LogP contribution is -2.19. The van der Waals surface area contributed by atoms with Gasteiger partial charge in [-0.25, -0.2) is 0 Å². The van der Waals surface area contributed by atoms with Crippen LogP contribution in [0.4, 0.5) is 5.69 Å². The van der Waals surface area contributed by atoms with E-state index in [-0.39, 0.29) is 5.41 Å². The molecule has 1 aromatic carbocycles. The highest BCUT2D eigenvalue weighted by atomic mass is 35.5. The first-order valence-corrected chi connectivity index (χ1v) is 6.36. The number of anilines is 1. The van der Waals surface area contributed by atoms with Gasteiger partial charge >= 0.3 is 0 Å². The second kappa shape index (κ2) is 5.47. The van der Waals surface area contributed by atoms with Gasteiger partial charge in [-0.3, -0.25) is 4.79 Å². The molecular weight excluding hydrogens is 280 g/mol. The molecule has 0 saturated carbocycles. The number of carbonyl (C=O) groups excluding carboxylic acids is 1. The van der Waals surface area contributed by atoms with Gasteiger partial charge in [-0.05, 0) is 23.1 Å². The Bertz CT molecular complexity index is 424. The summed E-state index contributed by atoms with van der Waals surface area (Å²) in [6.45, 7) is 6.26. The second-order valence-electron chi connectivity index (χ2n) is 4.73. The topological polar surface area (TPSA) is 29.1 Å². The van der Waals surface area contributed by atoms with Crippen molar-refractivity contribution < 1.29 is 4.79 Å². The number of alkyl halides is 2. The predicted octanol–water partition coefficient (Wildman–Crippen LogP) is 4.38. The molecule has 0 aliphatic heterocycles. The maximum absolute atomic E-state index is 11.3. The van der Waals surface area contributed by atoms with E-state index < -0.39 is 10.7 Å². The Hall–Kier alpha value is -0.440. The molecule has 0 heterocycles. The zero-order valence-electron chi connectivity index (χ0n) is 9.85. The number of hydrogen-bond acceptors (Lipinski definition) is 1. The number of amides is 1. The van der Waals surface area contributed by atoms with Crippen LogP contribution in [0.3, 0.4) is 0 Å². The van der Waals surface area contributed by atoms with Crippen molar-refractivity contribution in [1.82, 2.24) is 0 Å². The van der Waals surface area contributed by atoms with Crippen LogP contribution in [0.2, 0.25) is 5.02 Å². The van der Waals surface area contributed by atoms with E-state index >= 15 is 0 Å². The molecule has 0 spiro atoms. The van der Waals surface area contributed by atoms with E-state index in [1.54, 1.807) is 6.07 Å². The summed E-state index contributed by atoms with van der Waals surface area (Å²) in [4.78, 5) is 10.2. The summed E-state index contributed by atoms with van der Waals surface area (Å²) < 4.78 is 0. The van der Waals surface area contributed by atoms with E-state index in [1.807, 2.05) is 12.1 Å². The van der Waals surface area contributed by atoms with E-state index in [0.717, 1.165) is 5.56 Å². The van der Waals surface area contributed by atoms with Crippen LogP contribution in [0.15, 0.2) is 18.2 Å². The van der Waals surface area contributed by atoms with Gasteiger partial charge in [-0.1, -0.05) is 61.6 Å². The van der Waals surface area contributed by atoms with Crippen LogP contribution in [0, 0.1) is 0 Å². The summed E-state index contributed by atoms with van der Waals surface area (Å²) in [5, 5.41) is 3.03. The number of rotatable bonds is 2. The van der Waals surface area contributed by atoms with E-state index in [9.17, 15) is 4.79 Å². The smallest absolute Gasteiger partial charge is 0.257 e. The van der Waals surface area contributed by atoms with Crippen LogP contribution < -0.4 is 5.32 Å². The molecule has 0 aliphatic rings. The van der Waals surface area contributed by atoms with Crippen molar-refractivity contribution in [3.05, 3.63) is 28.8 Å². The Kier molecular flexibility index (Phi) is 4.70. The van der Waals surface area contributed by atoms with Crippen LogP contribution in [-0.2, 0) is 10.2 Å². The van der Waals surface area contributed by atoms with Gasteiger partial charge < -0.3 is 5.32 Å². The Morgan fingerprint density at radius 1 is 1.29 bits per heavy atom. The van der Waals surface area contributed by atoms with Gasteiger partial charge in [0.2, 0.25) is 0 Å². The normalized spacial score (nSPS) is 11.7. The molecule has 0 saturated heterocycles. The highest BCUT2D eigenvalue weighted by molar-refractivity contribution is 6.54. The molecular formula is C12H14Cl3NO. The molecule has 0 atom stereocenters. The van der Waals surface area contributed by atoms with Gasteiger partial charge in [0, 0.05) is 0 Å². The van der Waals surface area contributed by atoms with Crippen molar-refractivity contribution in [3.8, 4) is 0 Å². The van der Waals surface area contributed by atoms with Crippen LogP contribution in [0.5, 0.6) is 0 Å². The molecule has 0 unspecified atom stereocenters. The van der Waals surface area contributed by atoms with E-state index in [0.29, 0.717) is 10.7 Å². The third-order valence-electron chi connectivity index (χ3n) is 2.29. The zero-order valence-corrected chi connectivity index (χ0v) is 12.1. The minimum Gasteiger partial charge on any atom is -0.322 e. The highest BCUT2D eigenvalue weighted by Gasteiger charge is 2.17. The van der Waals surface area contributed by atoms with Gasteiger partial charge in [0.05, 0.1) is 10.7 Å². The van der Waals surface area contributed by atoms with E-state index in [1.165, 1.54) is 0 Å². The number of benzene rings is 1. The first-order chi connectivity index (χ1) is 7.71. The molecule has 0 radical (unpaired) electrons. The molecule has 5 heteroatoms. The van der Waals surface area contributed by atoms with Crippen LogP contribution in [0.1, 0.15) is 26.3 Å². The van der Waals surface area contributed by atoms with Crippen LogP contribution >= 0.6 is 34.8 Å². The van der Waals surface area contributed by atoms with Crippen molar-refractivity contribution >= 4 is 46.4 Å². The minimum absolute atomic E-state index is 0.00762. The van der Waals surface area contributed by atoms with Crippen molar-refractivity contribution in [1.29, 1.82) is 0 Å². The quantitative estimate of drug-likeness (QED) is 0.806. The number of hydrogen-bond donors (Lipinski definition) is 1. The minimum atomic E-state index is -1.10. The molecule has 94 valence electrons. The zero-order chi connectivity index (χ0) is 13.2. The Morgan fingerprint density at radius 2 is 1.88 bits per heavy atom. The second-order valence-corrected chi connectivity index (χ2v) is 6.24. The summed E-state index contributed by atoms with van der Waals surface area (Å²) >= 11 is 17.0. The molecule has 0 fully saturated rings. The van der Waals surface area contributed by atoms with E-state index in [4.69, 9.17) is 34.8 Å². The SMILES string of the molecule is CC(C)(C)c1ccc(NC(=O)C(Cl)Cl)c(Cl)c1. The van der Waals surface area contributed by atoms with Gasteiger partial charge in [-0.15, -0.1) is 0 Å². The molecule has 2 nitrogen and oxygen atoms in total. The predicted molar refractivity (Wildman–Crippen MR) is 74.3 cm³/mol. The summed E-state index contributed by atoms with van der Waals surface area (Å²) in [6, 6.07) is 5.49. The molecule has 1 N–H and O–H groups in total. The van der Waals surface area contributed by atoms with Crippen LogP contribution in [-0.4, -0.2) is 10.7 Å². The Balaban J connectivity index is 2.95. The van der Waals surface area contributed by atoms with Crippen molar-refractivity contribution in [2.75, 3.05) is 5.32 Å². The van der Waals surface area contributed by atoms with E-state index in [2.05, 4.69) is 26.1 Å². The van der Waals surface area contributed by atoms with Gasteiger partial charge in [0.25, 0.3) is 5.91 Å². The first-order valence-electron chi connectivity index (χ1n) is 5.11. The summed E-state index contributed by atoms with van der Waals surface area (Å²) in [5.41, 5.74) is 1.61. The molecule has 17 heavy (non-hydrogen) atoms. The lowest BCUT2D eigenvalue weighted by Gasteiger charge is -2.20. The average molecular weight is 295 g/mol. The number of nitrogens with one attached hydrogen (secondary N) is 1. The summed E-state index contributed by atoms with van der Waals surface area (Å²) in [7, 11) is 0. The van der Waals surface area contributed by atoms with Crippen molar-refractivity contribution in [3.63, 3.8) is 0 Å². The fourth-order valence-electron chi connectivity index (χ4n) is 1.27. The van der Waals surface area contributed by atoms with Gasteiger partial charge in [0.1, 0.15) is 0 Å². The number of carbonyl (C=O) groups is 1. The number of halogens is 3. The maximum atomic E-state index is 11.3. The molecule has 1 amide bonds. The van der Waals surface area contributed by atoms with Crippen LogP contribution in [0.25, 0.3) is 0 Å². The summed E-state index contributed by atoms with van der Waals surface area (Å²) in [6.07, 6.45) is 0. The molecule has 0 aliphatic carbocycles. The fraction of sp³-hybridized carbons (Fsp3) is 0.417. The Morgan fingerprint density at radius 3 is 2.29 bits per heavy atom. The third-order valence-corrected chi connectivity index (χ3v) is 3.00. The molecule has 1 aromatic rings. The molecule has 1 rings (SSSR count). The molecule has 0 aromatic heterocycles. The molecule has 0 bridgehead atoms. The summed E-state index contributed by atoms with van der Waals surface area (Å²) in [5.74, 6) is -0.487. The highest BCUT2D eigenvalue weighted by Crippen LogP contribution is 2.30. The largest absolute Gasteiger partial charge is 0.322 e. The van der Waals surface area contributed by atoms with Crippen molar-refractivity contribution in [2.45, 2.75) is 31.0 Å². The lowest BCUT2D eigenvalue weighted by molar-refractivity contribution is -0.114.